The molecule has 0 aliphatic carbocycles. The second-order valence-corrected chi connectivity index (χ2v) is 4.28. The van der Waals surface area contributed by atoms with E-state index >= 15 is 0 Å². The van der Waals surface area contributed by atoms with E-state index in [-0.39, 0.29) is 18.2 Å². The number of rotatable bonds is 5. The van der Waals surface area contributed by atoms with Crippen molar-refractivity contribution < 1.29 is 9.59 Å². The van der Waals surface area contributed by atoms with Crippen molar-refractivity contribution in [3.05, 3.63) is 29.3 Å². The van der Waals surface area contributed by atoms with Crippen molar-refractivity contribution in [2.24, 2.45) is 0 Å². The Bertz CT molecular complexity index is 441. The summed E-state index contributed by atoms with van der Waals surface area (Å²) >= 11 is 0. The molecule has 0 aromatic heterocycles. The van der Waals surface area contributed by atoms with Gasteiger partial charge < -0.3 is 10.6 Å². The first-order valence-electron chi connectivity index (χ1n) is 6.16. The molecule has 2 amide bonds. The molecule has 0 spiro atoms. The molecule has 0 saturated heterocycles. The lowest BCUT2D eigenvalue weighted by atomic mass is 10.1. The molecular weight excluding hydrogens is 228 g/mol. The molecule has 18 heavy (non-hydrogen) atoms. The number of nitrogens with one attached hydrogen (secondary N) is 2. The first-order valence-corrected chi connectivity index (χ1v) is 6.16. The van der Waals surface area contributed by atoms with E-state index in [1.807, 2.05) is 19.1 Å². The highest BCUT2D eigenvalue weighted by Gasteiger charge is 2.05. The quantitative estimate of drug-likeness (QED) is 0.837. The summed E-state index contributed by atoms with van der Waals surface area (Å²) in [5.74, 6) is -0.202. The molecule has 98 valence electrons. The molecule has 2 N–H and O–H groups in total. The third-order valence-electron chi connectivity index (χ3n) is 2.71. The SMILES string of the molecule is CCc1ccc(C)c(NC(=O)CCNC(C)=O)c1. The molecule has 0 saturated carbocycles. The third-order valence-corrected chi connectivity index (χ3v) is 2.71. The molecule has 0 aliphatic rings. The van der Waals surface area contributed by atoms with E-state index in [4.69, 9.17) is 0 Å². The summed E-state index contributed by atoms with van der Waals surface area (Å²) in [6.07, 6.45) is 1.23. The molecular formula is C14H20N2O2. The largest absolute Gasteiger partial charge is 0.356 e. The van der Waals surface area contributed by atoms with Gasteiger partial charge in [0, 0.05) is 25.6 Å². The van der Waals surface area contributed by atoms with E-state index in [0.29, 0.717) is 6.54 Å². The van der Waals surface area contributed by atoms with E-state index in [2.05, 4.69) is 23.6 Å². The first kappa shape index (κ1) is 14.2. The average molecular weight is 248 g/mol. The average Bonchev–Trinajstić information content (AvgIpc) is 2.31. The van der Waals surface area contributed by atoms with E-state index in [0.717, 1.165) is 17.7 Å². The molecule has 0 atom stereocenters. The molecule has 0 heterocycles. The van der Waals surface area contributed by atoms with Gasteiger partial charge in [0.15, 0.2) is 0 Å². The fourth-order valence-electron chi connectivity index (χ4n) is 1.59. The number of carbonyl (C=O) groups is 2. The Balaban J connectivity index is 2.55. The van der Waals surface area contributed by atoms with Crippen LogP contribution in [0.5, 0.6) is 0 Å². The number of carbonyl (C=O) groups excluding carboxylic acids is 2. The smallest absolute Gasteiger partial charge is 0.226 e. The second kappa shape index (κ2) is 6.79. The van der Waals surface area contributed by atoms with Crippen LogP contribution < -0.4 is 10.6 Å². The second-order valence-electron chi connectivity index (χ2n) is 4.28. The molecule has 0 unspecified atom stereocenters. The minimum atomic E-state index is -0.119. The van der Waals surface area contributed by atoms with Gasteiger partial charge in [0.25, 0.3) is 0 Å². The maximum Gasteiger partial charge on any atom is 0.226 e. The summed E-state index contributed by atoms with van der Waals surface area (Å²) in [5, 5.41) is 5.47. The van der Waals surface area contributed by atoms with Gasteiger partial charge in [-0.05, 0) is 30.5 Å². The van der Waals surface area contributed by atoms with Crippen LogP contribution in [0.1, 0.15) is 31.4 Å². The summed E-state index contributed by atoms with van der Waals surface area (Å²) in [4.78, 5) is 22.4. The van der Waals surface area contributed by atoms with Crippen molar-refractivity contribution in [3.63, 3.8) is 0 Å². The van der Waals surface area contributed by atoms with Crippen LogP contribution in [-0.4, -0.2) is 18.4 Å². The first-order chi connectivity index (χ1) is 8.52. The van der Waals surface area contributed by atoms with Gasteiger partial charge in [0.05, 0.1) is 0 Å². The highest BCUT2D eigenvalue weighted by molar-refractivity contribution is 5.92. The van der Waals surface area contributed by atoms with Crippen LogP contribution in [0.4, 0.5) is 5.69 Å². The summed E-state index contributed by atoms with van der Waals surface area (Å²) in [6, 6.07) is 6.05. The predicted octanol–water partition coefficient (Wildman–Crippen LogP) is 2.02. The molecule has 1 aromatic carbocycles. The maximum absolute atomic E-state index is 11.7. The van der Waals surface area contributed by atoms with Gasteiger partial charge in [-0.25, -0.2) is 0 Å². The zero-order valence-corrected chi connectivity index (χ0v) is 11.2. The predicted molar refractivity (Wildman–Crippen MR) is 72.5 cm³/mol. The minimum absolute atomic E-state index is 0.0832. The van der Waals surface area contributed by atoms with Gasteiger partial charge in [0.2, 0.25) is 11.8 Å². The van der Waals surface area contributed by atoms with Crippen molar-refractivity contribution in [1.29, 1.82) is 0 Å². The van der Waals surface area contributed by atoms with Crippen LogP contribution >= 0.6 is 0 Å². The Morgan fingerprint density at radius 2 is 2.00 bits per heavy atom. The molecule has 4 heteroatoms. The fourth-order valence-corrected chi connectivity index (χ4v) is 1.59. The zero-order valence-electron chi connectivity index (χ0n) is 11.2. The van der Waals surface area contributed by atoms with Gasteiger partial charge in [-0.15, -0.1) is 0 Å². The monoisotopic (exact) mass is 248 g/mol. The van der Waals surface area contributed by atoms with Gasteiger partial charge in [-0.1, -0.05) is 19.1 Å². The number of amides is 2. The number of benzene rings is 1. The Kier molecular flexibility index (Phi) is 5.36. The third kappa shape index (κ3) is 4.57. The molecule has 0 aliphatic heterocycles. The van der Waals surface area contributed by atoms with Gasteiger partial charge in [-0.2, -0.15) is 0 Å². The van der Waals surface area contributed by atoms with Crippen molar-refractivity contribution in [2.75, 3.05) is 11.9 Å². The normalized spacial score (nSPS) is 9.94. The van der Waals surface area contributed by atoms with Gasteiger partial charge >= 0.3 is 0 Å². The molecule has 0 fully saturated rings. The van der Waals surface area contributed by atoms with Crippen molar-refractivity contribution in [2.45, 2.75) is 33.6 Å². The van der Waals surface area contributed by atoms with E-state index in [9.17, 15) is 9.59 Å². The maximum atomic E-state index is 11.7. The van der Waals surface area contributed by atoms with Crippen LogP contribution in [0.15, 0.2) is 18.2 Å². The van der Waals surface area contributed by atoms with Crippen molar-refractivity contribution in [3.8, 4) is 0 Å². The highest BCUT2D eigenvalue weighted by atomic mass is 16.2. The molecule has 1 rings (SSSR count). The lowest BCUT2D eigenvalue weighted by Gasteiger charge is -2.10. The number of anilines is 1. The van der Waals surface area contributed by atoms with Gasteiger partial charge in [0.1, 0.15) is 0 Å². The Morgan fingerprint density at radius 1 is 1.28 bits per heavy atom. The Morgan fingerprint density at radius 3 is 2.61 bits per heavy atom. The number of hydrogen-bond acceptors (Lipinski definition) is 2. The molecule has 1 aromatic rings. The van der Waals surface area contributed by atoms with Crippen molar-refractivity contribution in [1.82, 2.24) is 5.32 Å². The Labute approximate surface area is 108 Å². The van der Waals surface area contributed by atoms with Crippen LogP contribution in [0.2, 0.25) is 0 Å². The summed E-state index contributed by atoms with van der Waals surface area (Å²) in [5.41, 5.74) is 3.08. The van der Waals surface area contributed by atoms with Crippen LogP contribution in [-0.2, 0) is 16.0 Å². The molecule has 0 radical (unpaired) electrons. The standard InChI is InChI=1S/C14H20N2O2/c1-4-12-6-5-10(2)13(9-12)16-14(18)7-8-15-11(3)17/h5-6,9H,4,7-8H2,1-3H3,(H,15,17)(H,16,18). The zero-order chi connectivity index (χ0) is 13.5. The highest BCUT2D eigenvalue weighted by Crippen LogP contribution is 2.17. The van der Waals surface area contributed by atoms with Crippen LogP contribution in [0, 0.1) is 6.92 Å². The number of aryl methyl sites for hydroxylation is 2. The lowest BCUT2D eigenvalue weighted by Crippen LogP contribution is -2.25. The van der Waals surface area contributed by atoms with Crippen LogP contribution in [0.3, 0.4) is 0 Å². The molecule has 4 nitrogen and oxygen atoms in total. The summed E-state index contributed by atoms with van der Waals surface area (Å²) < 4.78 is 0. The summed E-state index contributed by atoms with van der Waals surface area (Å²) in [7, 11) is 0. The topological polar surface area (TPSA) is 58.2 Å². The van der Waals surface area contributed by atoms with Crippen LogP contribution in [0.25, 0.3) is 0 Å². The summed E-state index contributed by atoms with van der Waals surface area (Å²) in [6.45, 7) is 5.84. The molecule has 0 bridgehead atoms. The fraction of sp³-hybridized carbons (Fsp3) is 0.429. The number of hydrogen-bond donors (Lipinski definition) is 2. The van der Waals surface area contributed by atoms with Crippen molar-refractivity contribution >= 4 is 17.5 Å². The van der Waals surface area contributed by atoms with E-state index in [1.54, 1.807) is 0 Å². The van der Waals surface area contributed by atoms with E-state index in [1.165, 1.54) is 12.5 Å². The Hall–Kier alpha value is -1.84. The van der Waals surface area contributed by atoms with Gasteiger partial charge in [-0.3, -0.25) is 9.59 Å². The van der Waals surface area contributed by atoms with E-state index < -0.39 is 0 Å². The lowest BCUT2D eigenvalue weighted by molar-refractivity contribution is -0.119. The minimum Gasteiger partial charge on any atom is -0.356 e.